The van der Waals surface area contributed by atoms with Gasteiger partial charge in [-0.3, -0.25) is 4.79 Å². The number of nitrogens with one attached hydrogen (secondary N) is 1. The molecule has 0 spiro atoms. The van der Waals surface area contributed by atoms with E-state index in [0.29, 0.717) is 45.6 Å². The predicted molar refractivity (Wildman–Crippen MR) is 110 cm³/mol. The second-order valence-corrected chi connectivity index (χ2v) is 7.27. The van der Waals surface area contributed by atoms with Crippen LogP contribution in [-0.2, 0) is 4.79 Å². The van der Waals surface area contributed by atoms with Gasteiger partial charge in [-0.15, -0.1) is 0 Å². The molecule has 5 rings (SSSR count). The number of amides is 1. The van der Waals surface area contributed by atoms with Gasteiger partial charge in [-0.25, -0.2) is 4.79 Å². The quantitative estimate of drug-likeness (QED) is 0.691. The van der Waals surface area contributed by atoms with Crippen LogP contribution in [0.2, 0.25) is 0 Å². The van der Waals surface area contributed by atoms with Gasteiger partial charge in [0.1, 0.15) is 17.3 Å². The van der Waals surface area contributed by atoms with Crippen molar-refractivity contribution in [2.24, 2.45) is 0 Å². The van der Waals surface area contributed by atoms with Crippen LogP contribution in [0.3, 0.4) is 0 Å². The van der Waals surface area contributed by atoms with Gasteiger partial charge in [-0.05, 0) is 48.9 Å². The van der Waals surface area contributed by atoms with Gasteiger partial charge >= 0.3 is 5.63 Å². The van der Waals surface area contributed by atoms with E-state index in [1.54, 1.807) is 62.6 Å². The molecular formula is C23H19NO7. The second kappa shape index (κ2) is 7.39. The summed E-state index contributed by atoms with van der Waals surface area (Å²) in [5.41, 5.74) is 1.05. The highest BCUT2D eigenvalue weighted by molar-refractivity contribution is 5.96. The lowest BCUT2D eigenvalue weighted by atomic mass is 9.88. The van der Waals surface area contributed by atoms with Crippen molar-refractivity contribution in [3.63, 3.8) is 0 Å². The van der Waals surface area contributed by atoms with E-state index in [-0.39, 0.29) is 12.7 Å². The molecule has 31 heavy (non-hydrogen) atoms. The van der Waals surface area contributed by atoms with Crippen LogP contribution >= 0.6 is 0 Å². The maximum atomic E-state index is 13.2. The predicted octanol–water partition coefficient (Wildman–Crippen LogP) is 3.22. The lowest BCUT2D eigenvalue weighted by Gasteiger charge is -2.19. The Bertz CT molecular complexity index is 1220. The minimum Gasteiger partial charge on any atom is -0.497 e. The lowest BCUT2D eigenvalue weighted by Crippen LogP contribution is -2.35. The number of fused-ring (bicyclic) bond motifs is 2. The number of hydrogen-bond acceptors (Lipinski definition) is 7. The van der Waals surface area contributed by atoms with Gasteiger partial charge < -0.3 is 28.7 Å². The fourth-order valence-corrected chi connectivity index (χ4v) is 3.87. The Morgan fingerprint density at radius 1 is 1.03 bits per heavy atom. The van der Waals surface area contributed by atoms with Crippen LogP contribution in [0, 0.1) is 6.92 Å². The Kier molecular flexibility index (Phi) is 4.54. The van der Waals surface area contributed by atoms with Gasteiger partial charge in [-0.2, -0.15) is 0 Å². The summed E-state index contributed by atoms with van der Waals surface area (Å²) in [6, 6.07) is 13.9. The van der Waals surface area contributed by atoms with E-state index < -0.39 is 17.6 Å². The molecule has 1 N–H and O–H groups in total. The molecule has 1 amide bonds. The topological polar surface area (TPSA) is 96.2 Å². The van der Waals surface area contributed by atoms with Crippen molar-refractivity contribution in [1.29, 1.82) is 0 Å². The van der Waals surface area contributed by atoms with Gasteiger partial charge in [0.05, 0.1) is 18.6 Å². The summed E-state index contributed by atoms with van der Waals surface area (Å²) in [4.78, 5) is 25.9. The van der Waals surface area contributed by atoms with Crippen LogP contribution in [0.25, 0.3) is 0 Å². The van der Waals surface area contributed by atoms with Crippen LogP contribution in [-0.4, -0.2) is 25.9 Å². The maximum Gasteiger partial charge on any atom is 0.343 e. The first-order valence-electron chi connectivity index (χ1n) is 9.69. The molecule has 0 saturated heterocycles. The molecule has 2 aliphatic heterocycles. The molecule has 2 aromatic carbocycles. The van der Waals surface area contributed by atoms with Gasteiger partial charge in [0.15, 0.2) is 17.6 Å². The first-order valence-corrected chi connectivity index (χ1v) is 9.69. The van der Waals surface area contributed by atoms with Crippen LogP contribution in [0.5, 0.6) is 23.0 Å². The van der Waals surface area contributed by atoms with Gasteiger partial charge in [0.2, 0.25) is 6.79 Å². The Morgan fingerprint density at radius 2 is 1.81 bits per heavy atom. The number of carbonyl (C=O) groups is 1. The van der Waals surface area contributed by atoms with E-state index in [1.807, 2.05) is 0 Å². The third-order valence-electron chi connectivity index (χ3n) is 5.31. The summed E-state index contributed by atoms with van der Waals surface area (Å²) >= 11 is 0. The van der Waals surface area contributed by atoms with Crippen LogP contribution in [0.4, 0.5) is 5.69 Å². The number of carbonyl (C=O) groups excluding carboxylic acids is 1. The Balaban J connectivity index is 1.53. The minimum atomic E-state index is -0.970. The average Bonchev–Trinajstić information content (AvgIpc) is 3.38. The van der Waals surface area contributed by atoms with Crippen LogP contribution < -0.4 is 29.9 Å². The van der Waals surface area contributed by atoms with Crippen molar-refractivity contribution in [3.05, 3.63) is 75.8 Å². The van der Waals surface area contributed by atoms with E-state index >= 15 is 0 Å². The normalized spacial score (nSPS) is 18.3. The minimum absolute atomic E-state index is 0.124. The third kappa shape index (κ3) is 3.35. The first kappa shape index (κ1) is 19.0. The summed E-state index contributed by atoms with van der Waals surface area (Å²) in [7, 11) is 1.57. The van der Waals surface area contributed by atoms with Gasteiger partial charge in [-0.1, -0.05) is 6.07 Å². The highest BCUT2D eigenvalue weighted by Crippen LogP contribution is 2.44. The fraction of sp³-hybridized carbons (Fsp3) is 0.217. The molecule has 8 heteroatoms. The van der Waals surface area contributed by atoms with Crippen molar-refractivity contribution in [1.82, 2.24) is 0 Å². The molecule has 0 fully saturated rings. The molecule has 3 heterocycles. The van der Waals surface area contributed by atoms with Crippen molar-refractivity contribution in [2.75, 3.05) is 19.2 Å². The Hall–Kier alpha value is -3.94. The van der Waals surface area contributed by atoms with E-state index in [9.17, 15) is 9.59 Å². The summed E-state index contributed by atoms with van der Waals surface area (Å²) in [5, 5.41) is 2.85. The molecule has 1 aromatic heterocycles. The Labute approximate surface area is 177 Å². The average molecular weight is 421 g/mol. The van der Waals surface area contributed by atoms with Crippen LogP contribution in [0.1, 0.15) is 22.8 Å². The lowest BCUT2D eigenvalue weighted by molar-refractivity contribution is -0.122. The SMILES string of the molecule is COc1ccc(NC(=O)[C@H]2Oc3cc(C)oc(=O)c3[C@H]2c2ccc3c(c2)OCO3)cc1. The molecule has 8 nitrogen and oxygen atoms in total. The number of rotatable bonds is 4. The molecular weight excluding hydrogens is 402 g/mol. The smallest absolute Gasteiger partial charge is 0.343 e. The van der Waals surface area contributed by atoms with E-state index in [0.717, 1.165) is 0 Å². The molecule has 158 valence electrons. The number of methoxy groups -OCH3 is 1. The monoisotopic (exact) mass is 421 g/mol. The van der Waals surface area contributed by atoms with Crippen molar-refractivity contribution in [2.45, 2.75) is 18.9 Å². The largest absolute Gasteiger partial charge is 0.497 e. The number of aryl methyl sites for hydroxylation is 1. The van der Waals surface area contributed by atoms with E-state index in [2.05, 4.69) is 5.32 Å². The molecule has 3 aromatic rings. The third-order valence-corrected chi connectivity index (χ3v) is 5.31. The summed E-state index contributed by atoms with van der Waals surface area (Å²) in [5.74, 6) is 1.53. The molecule has 0 bridgehead atoms. The molecule has 0 aliphatic carbocycles. The second-order valence-electron chi connectivity index (χ2n) is 7.27. The zero-order chi connectivity index (χ0) is 21.5. The first-order chi connectivity index (χ1) is 15.0. The van der Waals surface area contributed by atoms with Gasteiger partial charge in [0.25, 0.3) is 5.91 Å². The summed E-state index contributed by atoms with van der Waals surface area (Å²) in [6.07, 6.45) is -0.970. The van der Waals surface area contributed by atoms with Crippen molar-refractivity contribution >= 4 is 11.6 Å². The molecule has 0 radical (unpaired) electrons. The number of ether oxygens (including phenoxy) is 4. The van der Waals surface area contributed by atoms with Crippen LogP contribution in [0.15, 0.2) is 57.7 Å². The molecule has 2 atom stereocenters. The Morgan fingerprint density at radius 3 is 2.58 bits per heavy atom. The number of anilines is 1. The maximum absolute atomic E-state index is 13.2. The summed E-state index contributed by atoms with van der Waals surface area (Å²) < 4.78 is 27.3. The molecule has 0 unspecified atom stereocenters. The van der Waals surface area contributed by atoms with E-state index in [1.165, 1.54) is 0 Å². The van der Waals surface area contributed by atoms with Crippen molar-refractivity contribution < 1.29 is 28.2 Å². The van der Waals surface area contributed by atoms with Crippen molar-refractivity contribution in [3.8, 4) is 23.0 Å². The number of hydrogen-bond donors (Lipinski definition) is 1. The molecule has 0 saturated carbocycles. The zero-order valence-electron chi connectivity index (χ0n) is 16.8. The number of benzene rings is 2. The van der Waals surface area contributed by atoms with E-state index in [4.69, 9.17) is 23.4 Å². The highest BCUT2D eigenvalue weighted by atomic mass is 16.7. The van der Waals surface area contributed by atoms with Gasteiger partial charge in [0, 0.05) is 11.8 Å². The zero-order valence-corrected chi connectivity index (χ0v) is 16.8. The summed E-state index contributed by atoms with van der Waals surface area (Å²) in [6.45, 7) is 1.78. The molecule has 2 aliphatic rings. The fourth-order valence-electron chi connectivity index (χ4n) is 3.87. The standard InChI is InChI=1S/C23H19NO7/c1-12-9-18-20(23(26)30-12)19(13-3-8-16-17(10-13)29-11-28-16)21(31-18)22(25)24-14-4-6-15(27-2)7-5-14/h3-10,19,21H,11H2,1-2H3,(H,24,25)/t19-,21+/m1/s1. The highest BCUT2D eigenvalue weighted by Gasteiger charge is 2.43.